The summed E-state index contributed by atoms with van der Waals surface area (Å²) in [7, 11) is 0. The first kappa shape index (κ1) is 15.7. The molecular weight excluding hydrogens is 328 g/mol. The fourth-order valence-corrected chi connectivity index (χ4v) is 3.66. The van der Waals surface area contributed by atoms with Crippen LogP contribution in [0.4, 0.5) is 8.78 Å². The largest absolute Gasteiger partial charge is 0.248 e. The van der Waals surface area contributed by atoms with Crippen molar-refractivity contribution in [3.05, 3.63) is 28.0 Å². The molecule has 2 heterocycles. The van der Waals surface area contributed by atoms with Gasteiger partial charge in [-0.05, 0) is 38.2 Å². The van der Waals surface area contributed by atoms with E-state index >= 15 is 0 Å². The van der Waals surface area contributed by atoms with Crippen LogP contribution in [-0.2, 0) is 6.42 Å². The summed E-state index contributed by atoms with van der Waals surface area (Å²) in [5.41, 5.74) is 1.72. The Morgan fingerprint density at radius 3 is 2.64 bits per heavy atom. The lowest BCUT2D eigenvalue weighted by Crippen LogP contribution is -2.25. The summed E-state index contributed by atoms with van der Waals surface area (Å²) in [5.74, 6) is -1.75. The SMILES string of the molecule is Cc1csc(-c2nc(Cl)cc(CC3CCC(F)(F)CC3)n2)n1. The van der Waals surface area contributed by atoms with Crippen molar-refractivity contribution in [2.24, 2.45) is 5.92 Å². The monoisotopic (exact) mass is 343 g/mol. The minimum atomic E-state index is -2.50. The number of halogens is 3. The fraction of sp³-hybridized carbons (Fsp3) is 0.533. The molecule has 0 unspecified atom stereocenters. The van der Waals surface area contributed by atoms with E-state index in [2.05, 4.69) is 15.0 Å². The van der Waals surface area contributed by atoms with Crippen molar-refractivity contribution in [2.75, 3.05) is 0 Å². The highest BCUT2D eigenvalue weighted by atomic mass is 35.5. The minimum Gasteiger partial charge on any atom is -0.238 e. The maximum absolute atomic E-state index is 13.2. The Bertz CT molecular complexity index is 665. The van der Waals surface area contributed by atoms with Gasteiger partial charge in [-0.25, -0.2) is 23.7 Å². The van der Waals surface area contributed by atoms with E-state index in [1.165, 1.54) is 11.3 Å². The van der Waals surface area contributed by atoms with E-state index in [-0.39, 0.29) is 18.8 Å². The molecule has 0 saturated heterocycles. The molecule has 3 nitrogen and oxygen atoms in total. The first-order valence-corrected chi connectivity index (χ1v) is 8.51. The molecule has 1 saturated carbocycles. The quantitative estimate of drug-likeness (QED) is 0.742. The summed E-state index contributed by atoms with van der Waals surface area (Å²) in [4.78, 5) is 13.1. The topological polar surface area (TPSA) is 38.7 Å². The summed E-state index contributed by atoms with van der Waals surface area (Å²) < 4.78 is 26.4. The molecule has 0 spiro atoms. The van der Waals surface area contributed by atoms with Crippen LogP contribution in [0.1, 0.15) is 37.1 Å². The van der Waals surface area contributed by atoms with E-state index in [1.807, 2.05) is 12.3 Å². The number of hydrogen-bond donors (Lipinski definition) is 0. The highest BCUT2D eigenvalue weighted by molar-refractivity contribution is 7.13. The lowest BCUT2D eigenvalue weighted by molar-refractivity contribution is -0.0457. The van der Waals surface area contributed by atoms with Gasteiger partial charge in [0.15, 0.2) is 10.8 Å². The second kappa shape index (κ2) is 6.16. The highest BCUT2D eigenvalue weighted by Crippen LogP contribution is 2.37. The molecule has 0 amide bonds. The van der Waals surface area contributed by atoms with Crippen molar-refractivity contribution in [1.82, 2.24) is 15.0 Å². The fourth-order valence-electron chi connectivity index (χ4n) is 2.72. The lowest BCUT2D eigenvalue weighted by Gasteiger charge is -2.28. The maximum Gasteiger partial charge on any atom is 0.248 e. The Morgan fingerprint density at radius 1 is 1.27 bits per heavy atom. The lowest BCUT2D eigenvalue weighted by atomic mass is 9.84. The zero-order chi connectivity index (χ0) is 15.7. The number of aromatic nitrogens is 3. The third-order valence-electron chi connectivity index (χ3n) is 3.89. The molecule has 0 N–H and O–H groups in total. The van der Waals surface area contributed by atoms with Crippen molar-refractivity contribution in [3.63, 3.8) is 0 Å². The number of thiazole rings is 1. The van der Waals surface area contributed by atoms with E-state index in [0.29, 0.717) is 30.2 Å². The molecule has 2 aromatic rings. The molecule has 2 aromatic heterocycles. The van der Waals surface area contributed by atoms with E-state index in [1.54, 1.807) is 6.07 Å². The van der Waals surface area contributed by atoms with Crippen molar-refractivity contribution >= 4 is 22.9 Å². The van der Waals surface area contributed by atoms with Crippen LogP contribution in [-0.4, -0.2) is 20.9 Å². The Morgan fingerprint density at radius 2 is 2.00 bits per heavy atom. The van der Waals surface area contributed by atoms with Crippen molar-refractivity contribution in [1.29, 1.82) is 0 Å². The predicted molar refractivity (Wildman–Crippen MR) is 83.5 cm³/mol. The van der Waals surface area contributed by atoms with Gasteiger partial charge in [0.05, 0.1) is 0 Å². The van der Waals surface area contributed by atoms with Crippen LogP contribution < -0.4 is 0 Å². The van der Waals surface area contributed by atoms with Crippen LogP contribution in [0.5, 0.6) is 0 Å². The molecule has 1 aliphatic carbocycles. The first-order valence-electron chi connectivity index (χ1n) is 7.25. The molecule has 1 fully saturated rings. The third-order valence-corrected chi connectivity index (χ3v) is 5.04. The number of aryl methyl sites for hydroxylation is 1. The van der Waals surface area contributed by atoms with Crippen molar-refractivity contribution in [3.8, 4) is 10.8 Å². The van der Waals surface area contributed by atoms with E-state index in [0.717, 1.165) is 16.4 Å². The average molecular weight is 344 g/mol. The molecule has 118 valence electrons. The van der Waals surface area contributed by atoms with Crippen LogP contribution in [0.15, 0.2) is 11.4 Å². The number of alkyl halides is 2. The van der Waals surface area contributed by atoms with Gasteiger partial charge >= 0.3 is 0 Å². The number of rotatable bonds is 3. The Hall–Kier alpha value is -1.14. The summed E-state index contributed by atoms with van der Waals surface area (Å²) in [6, 6.07) is 1.72. The second-order valence-corrected chi connectivity index (χ2v) is 7.05. The molecule has 0 aliphatic heterocycles. The van der Waals surface area contributed by atoms with Gasteiger partial charge in [-0.2, -0.15) is 0 Å². The maximum atomic E-state index is 13.2. The van der Waals surface area contributed by atoms with Gasteiger partial charge in [-0.15, -0.1) is 11.3 Å². The number of nitrogens with zero attached hydrogens (tertiary/aromatic N) is 3. The molecular formula is C15H16ClF2N3S. The molecule has 22 heavy (non-hydrogen) atoms. The number of hydrogen-bond acceptors (Lipinski definition) is 4. The van der Waals surface area contributed by atoms with Crippen LogP contribution in [0.2, 0.25) is 5.15 Å². The highest BCUT2D eigenvalue weighted by Gasteiger charge is 2.34. The standard InChI is InChI=1S/C15H16ClF2N3S/c1-9-8-22-14(19-9)13-20-11(7-12(16)21-13)6-10-2-4-15(17,18)5-3-10/h7-8,10H,2-6H2,1H3. The first-order chi connectivity index (χ1) is 10.4. The van der Waals surface area contributed by atoms with Crippen LogP contribution in [0, 0.1) is 12.8 Å². The van der Waals surface area contributed by atoms with Gasteiger partial charge in [-0.3, -0.25) is 0 Å². The smallest absolute Gasteiger partial charge is 0.238 e. The minimum absolute atomic E-state index is 0.0327. The average Bonchev–Trinajstić information content (AvgIpc) is 2.87. The second-order valence-electron chi connectivity index (χ2n) is 5.80. The van der Waals surface area contributed by atoms with Crippen molar-refractivity contribution < 1.29 is 8.78 Å². The van der Waals surface area contributed by atoms with Gasteiger partial charge in [0.2, 0.25) is 5.92 Å². The predicted octanol–water partition coefficient (Wildman–Crippen LogP) is 4.93. The van der Waals surface area contributed by atoms with Crippen molar-refractivity contribution in [2.45, 2.75) is 45.0 Å². The summed E-state index contributed by atoms with van der Waals surface area (Å²) in [5, 5.41) is 3.04. The zero-order valence-corrected chi connectivity index (χ0v) is 13.7. The van der Waals surface area contributed by atoms with Crippen LogP contribution >= 0.6 is 22.9 Å². The summed E-state index contributed by atoms with van der Waals surface area (Å²) >= 11 is 7.55. The zero-order valence-electron chi connectivity index (χ0n) is 12.2. The van der Waals surface area contributed by atoms with Crippen LogP contribution in [0.25, 0.3) is 10.8 Å². The van der Waals surface area contributed by atoms with E-state index in [4.69, 9.17) is 11.6 Å². The normalized spacial score (nSPS) is 18.5. The van der Waals surface area contributed by atoms with Gasteiger partial charge in [-0.1, -0.05) is 11.6 Å². The summed E-state index contributed by atoms with van der Waals surface area (Å²) in [6.07, 6.45) is 1.65. The van der Waals surface area contributed by atoms with E-state index in [9.17, 15) is 8.78 Å². The molecule has 0 radical (unpaired) electrons. The van der Waals surface area contributed by atoms with Gasteiger partial charge in [0, 0.05) is 29.6 Å². The molecule has 1 aliphatic rings. The van der Waals surface area contributed by atoms with E-state index < -0.39 is 5.92 Å². The Balaban J connectivity index is 1.76. The molecule has 0 atom stereocenters. The Kier molecular flexibility index (Phi) is 4.41. The van der Waals surface area contributed by atoms with Gasteiger partial charge in [0.25, 0.3) is 0 Å². The van der Waals surface area contributed by atoms with Gasteiger partial charge < -0.3 is 0 Å². The molecule has 7 heteroatoms. The summed E-state index contributed by atoms with van der Waals surface area (Å²) in [6.45, 7) is 1.91. The molecule has 3 rings (SSSR count). The van der Waals surface area contributed by atoms with Crippen LogP contribution in [0.3, 0.4) is 0 Å². The molecule has 0 aromatic carbocycles. The third kappa shape index (κ3) is 3.79. The Labute approximate surface area is 136 Å². The molecule has 0 bridgehead atoms. The van der Waals surface area contributed by atoms with Gasteiger partial charge in [0.1, 0.15) is 5.15 Å².